The molecule has 0 unspecified atom stereocenters. The number of aryl methyl sites for hydroxylation is 2. The van der Waals surface area contributed by atoms with Crippen molar-refractivity contribution >= 4 is 62.1 Å². The molecule has 582 valence electrons. The average molecular weight is 1540 g/mol. The fourth-order valence-electron chi connectivity index (χ4n) is 11.1. The van der Waals surface area contributed by atoms with E-state index in [1.54, 1.807) is 127 Å². The van der Waals surface area contributed by atoms with Crippen molar-refractivity contribution in [1.29, 1.82) is 0 Å². The van der Waals surface area contributed by atoms with Crippen LogP contribution in [0.4, 0.5) is 28.4 Å². The van der Waals surface area contributed by atoms with Crippen LogP contribution in [0.5, 0.6) is 0 Å². The van der Waals surface area contributed by atoms with E-state index in [0.29, 0.717) is 68.0 Å². The number of hydrogen-bond acceptors (Lipinski definition) is 15. The summed E-state index contributed by atoms with van der Waals surface area (Å²) in [5, 5.41) is 30.7. The summed E-state index contributed by atoms with van der Waals surface area (Å²) in [7, 11) is -1.97. The summed E-state index contributed by atoms with van der Waals surface area (Å²) < 4.78 is 24.5. The lowest BCUT2D eigenvalue weighted by atomic mass is 9.86. The van der Waals surface area contributed by atoms with E-state index in [4.69, 9.17) is 5.14 Å². The number of primary sulfonamides is 1. The van der Waals surface area contributed by atoms with Crippen LogP contribution in [0.2, 0.25) is 0 Å². The highest BCUT2D eigenvalue weighted by Gasteiger charge is 2.22. The number of sulfonamides is 1. The lowest BCUT2D eigenvalue weighted by molar-refractivity contribution is -0.384. The summed E-state index contributed by atoms with van der Waals surface area (Å²) in [6.45, 7) is 27.2. The van der Waals surface area contributed by atoms with Gasteiger partial charge in [0.15, 0.2) is 0 Å². The van der Waals surface area contributed by atoms with E-state index in [9.17, 15) is 56.9 Å². The minimum absolute atomic E-state index is 0.00929. The number of rotatable bonds is 15. The number of benzene rings is 6. The Labute approximate surface area is 653 Å². The molecule has 0 atom stereocenters. The summed E-state index contributed by atoms with van der Waals surface area (Å²) in [5.74, 6) is -0.730. The lowest BCUT2D eigenvalue weighted by Crippen LogP contribution is -2.20. The van der Waals surface area contributed by atoms with Crippen molar-refractivity contribution in [2.75, 3.05) is 21.3 Å². The maximum Gasteiger partial charge on any atom is 0.271 e. The largest absolute Gasteiger partial charge is 0.327 e. The first kappa shape index (κ1) is 83.6. The van der Waals surface area contributed by atoms with Gasteiger partial charge in [0.05, 0.1) is 21.7 Å². The number of H-pyrrole nitrogens is 4. The number of nitrogens with one attached hydrogen (secondary N) is 8. The number of hydrogen-bond donors (Lipinski definition) is 9. The van der Waals surface area contributed by atoms with Gasteiger partial charge in [-0.1, -0.05) is 151 Å². The summed E-state index contributed by atoms with van der Waals surface area (Å²) in [5.41, 5.74) is 10.9. The molecular formula is C86H90N14O12S. The SMILES string of the molecule is CC(C)(C)c1ccc(C(=O)Nc2cc(-c3ccc(S(N)(=O)=O)cc3)c[nH]c2=O)cc1.CC(C)(C)c1ccc(C(=O)Nc2cc(-c3ccc([N+](=O)[O-])cc3)c[nH]c2=O)cc1.CCc1nccc(-c2c[nH]c(=O)c(NC(=O)c3ccc(C(C)(C)C)cc3)c2)n1.Cn1cc(-c2c[nH]c(=O)c(NC(=O)c3ccc(C(C)(C)C)cc3)c2)cn1. The van der Waals surface area contributed by atoms with Crippen LogP contribution in [0, 0.1) is 10.1 Å². The fraction of sp³-hybridized carbons (Fsp3) is 0.221. The highest BCUT2D eigenvalue weighted by Crippen LogP contribution is 2.30. The Morgan fingerprint density at radius 3 is 1.03 bits per heavy atom. The molecular weight excluding hydrogens is 1450 g/mol. The Morgan fingerprint density at radius 2 is 0.743 bits per heavy atom. The minimum atomic E-state index is -3.79. The molecule has 6 aromatic carbocycles. The van der Waals surface area contributed by atoms with Crippen molar-refractivity contribution in [2.45, 2.75) is 123 Å². The third kappa shape index (κ3) is 22.6. The molecule has 0 aliphatic heterocycles. The molecule has 113 heavy (non-hydrogen) atoms. The number of nitrogens with zero attached hydrogens (tertiary/aromatic N) is 5. The zero-order valence-electron chi connectivity index (χ0n) is 65.1. The van der Waals surface area contributed by atoms with E-state index in [-0.39, 0.29) is 77.9 Å². The third-order valence-electron chi connectivity index (χ3n) is 17.9. The number of aromatic amines is 4. The summed E-state index contributed by atoms with van der Waals surface area (Å²) in [6.07, 6.45) is 12.1. The van der Waals surface area contributed by atoms with Gasteiger partial charge in [0.1, 0.15) is 28.6 Å². The van der Waals surface area contributed by atoms with E-state index >= 15 is 0 Å². The normalized spacial score (nSPS) is 11.4. The standard InChI is InChI=1S/C22H24N4O2.C22H23N3O4S.C22H21N3O4.C20H22N4O2/c1-5-19-23-11-10-17(25-19)15-12-18(21(28)24-13-15)26-20(27)14-6-8-16(9-7-14)22(2,3)4;1-22(2,3)17-8-4-15(5-9-17)20(26)25-19-12-16(13-24-21(19)27)14-6-10-18(11-7-14)30(23,28)29;1-22(2,3)17-8-4-15(5-9-17)20(26)24-19-12-16(13-23-21(19)27)14-6-10-18(11-7-14)25(28)29;1-20(2,3)16-7-5-13(6-8-16)18(25)23-17-9-14(10-21-19(17)26)15-11-22-24(4)12-15/h6-13H,5H2,1-4H3,(H,24,28)(H,26,27);4-13H,1-3H3,(H,24,27)(H,25,26)(H2,23,28,29);4-13H,1-3H3,(H,23,27)(H,24,26);5-12H,1-4H3,(H,21,26)(H,23,25). The molecule has 0 aliphatic rings. The van der Waals surface area contributed by atoms with Gasteiger partial charge in [0, 0.05) is 113 Å². The molecule has 0 bridgehead atoms. The van der Waals surface area contributed by atoms with Crippen LogP contribution in [-0.2, 0) is 45.2 Å². The molecule has 27 heteroatoms. The van der Waals surface area contributed by atoms with Crippen molar-refractivity contribution in [2.24, 2.45) is 12.2 Å². The number of aromatic nitrogens is 8. The fourth-order valence-corrected chi connectivity index (χ4v) is 11.6. The minimum Gasteiger partial charge on any atom is -0.327 e. The van der Waals surface area contributed by atoms with Crippen LogP contribution in [0.1, 0.15) is 160 Å². The predicted octanol–water partition coefficient (Wildman–Crippen LogP) is 15.0. The summed E-state index contributed by atoms with van der Waals surface area (Å²) in [4.78, 5) is 128. The number of anilines is 4. The number of carbonyl (C=O) groups is 4. The Balaban J connectivity index is 0.000000173. The van der Waals surface area contributed by atoms with Gasteiger partial charge in [-0.2, -0.15) is 5.10 Å². The maximum atomic E-state index is 12.6. The molecule has 26 nitrogen and oxygen atoms in total. The Bertz CT molecular complexity index is 5830. The molecule has 0 radical (unpaired) electrons. The Morgan fingerprint density at radius 1 is 0.442 bits per heavy atom. The van der Waals surface area contributed by atoms with E-state index in [2.05, 4.69) is 139 Å². The molecule has 12 rings (SSSR count). The first-order valence-electron chi connectivity index (χ1n) is 35.9. The number of nitro groups is 1. The molecule has 0 fully saturated rings. The molecule has 10 N–H and O–H groups in total. The van der Waals surface area contributed by atoms with Crippen molar-refractivity contribution in [1.82, 2.24) is 39.7 Å². The van der Waals surface area contributed by atoms with Gasteiger partial charge in [-0.15, -0.1) is 0 Å². The number of carbonyl (C=O) groups excluding carboxylic acids is 4. The molecule has 0 aliphatic carbocycles. The van der Waals surface area contributed by atoms with E-state index in [1.165, 1.54) is 42.7 Å². The first-order chi connectivity index (χ1) is 53.1. The molecule has 6 heterocycles. The Kier molecular flexibility index (Phi) is 26.0. The van der Waals surface area contributed by atoms with Crippen LogP contribution >= 0.6 is 0 Å². The van der Waals surface area contributed by atoms with Crippen LogP contribution < -0.4 is 48.6 Å². The Hall–Kier alpha value is -13.4. The molecule has 4 amide bonds. The van der Waals surface area contributed by atoms with Crippen LogP contribution in [0.15, 0.2) is 243 Å². The van der Waals surface area contributed by atoms with Crippen molar-refractivity contribution in [3.05, 3.63) is 321 Å². The second-order valence-corrected chi connectivity index (χ2v) is 32.2. The second kappa shape index (κ2) is 35.1. The van der Waals surface area contributed by atoms with Gasteiger partial charge in [-0.05, 0) is 158 Å². The van der Waals surface area contributed by atoms with Crippen LogP contribution in [0.3, 0.4) is 0 Å². The summed E-state index contributed by atoms with van der Waals surface area (Å²) >= 11 is 0. The molecule has 12 aromatic rings. The quantitative estimate of drug-likeness (QED) is 0.0340. The van der Waals surface area contributed by atoms with Crippen LogP contribution in [-0.4, -0.2) is 76.7 Å². The highest BCUT2D eigenvalue weighted by molar-refractivity contribution is 7.89. The van der Waals surface area contributed by atoms with Gasteiger partial charge in [-0.25, -0.2) is 23.5 Å². The van der Waals surface area contributed by atoms with Gasteiger partial charge in [-0.3, -0.25) is 53.2 Å². The maximum absolute atomic E-state index is 12.6. The number of nitrogens with two attached hydrogens (primary N) is 1. The van der Waals surface area contributed by atoms with Gasteiger partial charge < -0.3 is 41.2 Å². The van der Waals surface area contributed by atoms with E-state index < -0.39 is 37.9 Å². The predicted molar refractivity (Wildman–Crippen MR) is 442 cm³/mol. The summed E-state index contributed by atoms with van der Waals surface area (Å²) in [6, 6.07) is 49.3. The van der Waals surface area contributed by atoms with Gasteiger partial charge in [0.2, 0.25) is 10.0 Å². The monoisotopic (exact) mass is 1540 g/mol. The number of nitro benzene ring substituents is 1. The van der Waals surface area contributed by atoms with Gasteiger partial charge in [0.25, 0.3) is 51.6 Å². The van der Waals surface area contributed by atoms with Crippen LogP contribution in [0.25, 0.3) is 44.6 Å². The number of amides is 4. The molecule has 0 saturated carbocycles. The lowest BCUT2D eigenvalue weighted by Gasteiger charge is -2.19. The number of non-ortho nitro benzene ring substituents is 1. The third-order valence-corrected chi connectivity index (χ3v) is 18.9. The topological polar surface area (TPSA) is 395 Å². The zero-order valence-corrected chi connectivity index (χ0v) is 65.9. The first-order valence-corrected chi connectivity index (χ1v) is 37.4. The zero-order chi connectivity index (χ0) is 82.5. The highest BCUT2D eigenvalue weighted by atomic mass is 32.2. The molecule has 0 spiro atoms. The molecule has 0 saturated heterocycles. The molecule has 6 aromatic heterocycles. The van der Waals surface area contributed by atoms with E-state index in [0.717, 1.165) is 33.4 Å². The van der Waals surface area contributed by atoms with Crippen molar-refractivity contribution in [3.8, 4) is 44.6 Å². The second-order valence-electron chi connectivity index (χ2n) is 30.6. The number of pyridine rings is 4. The smallest absolute Gasteiger partial charge is 0.271 e. The van der Waals surface area contributed by atoms with Crippen molar-refractivity contribution < 1.29 is 32.5 Å². The average Bonchev–Trinajstić information content (AvgIpc) is 1.60. The van der Waals surface area contributed by atoms with Crippen molar-refractivity contribution in [3.63, 3.8) is 0 Å². The van der Waals surface area contributed by atoms with Gasteiger partial charge >= 0.3 is 0 Å². The van der Waals surface area contributed by atoms with E-state index in [1.807, 2.05) is 68.7 Å².